The zero-order chi connectivity index (χ0) is 13.6. The van der Waals surface area contributed by atoms with Crippen molar-refractivity contribution >= 4 is 15.9 Å². The average molecular weight is 267 g/mol. The van der Waals surface area contributed by atoms with Gasteiger partial charge in [-0.1, -0.05) is 18.2 Å². The summed E-state index contributed by atoms with van der Waals surface area (Å²) in [6.45, 7) is -0.0353. The van der Waals surface area contributed by atoms with E-state index in [1.165, 1.54) is 0 Å². The average Bonchev–Trinajstić information content (AvgIpc) is 2.28. The molecule has 0 unspecified atom stereocenters. The highest BCUT2D eigenvalue weighted by Gasteiger charge is 2.13. The highest BCUT2D eigenvalue weighted by Crippen LogP contribution is 2.10. The molecule has 6 nitrogen and oxygen atoms in total. The van der Waals surface area contributed by atoms with Crippen LogP contribution in [0, 0.1) is 11.3 Å². The molecule has 0 saturated carbocycles. The summed E-state index contributed by atoms with van der Waals surface area (Å²) >= 11 is 0. The van der Waals surface area contributed by atoms with E-state index >= 15 is 0 Å². The van der Waals surface area contributed by atoms with Gasteiger partial charge in [-0.3, -0.25) is 4.79 Å². The molecular formula is C11H13N3O3S. The first-order valence-corrected chi connectivity index (χ1v) is 6.83. The van der Waals surface area contributed by atoms with E-state index in [-0.39, 0.29) is 18.7 Å². The number of carbonyl (C=O) groups excluding carboxylic acids is 1. The molecule has 0 saturated heterocycles. The first-order chi connectivity index (χ1) is 8.44. The van der Waals surface area contributed by atoms with E-state index in [0.29, 0.717) is 11.1 Å². The van der Waals surface area contributed by atoms with Crippen molar-refractivity contribution in [3.63, 3.8) is 0 Å². The summed E-state index contributed by atoms with van der Waals surface area (Å²) in [6.07, 6.45) is -0.0564. The lowest BCUT2D eigenvalue weighted by atomic mass is 10.1. The number of hydrogen-bond acceptors (Lipinski definition) is 4. The molecule has 0 aliphatic carbocycles. The zero-order valence-electron chi connectivity index (χ0n) is 9.59. The Labute approximate surface area is 105 Å². The second-order valence-electron chi connectivity index (χ2n) is 3.64. The van der Waals surface area contributed by atoms with Gasteiger partial charge >= 0.3 is 0 Å². The smallest absolute Gasteiger partial charge is 0.218 e. The highest BCUT2D eigenvalue weighted by atomic mass is 32.2. The van der Waals surface area contributed by atoms with Crippen LogP contribution in [0.25, 0.3) is 0 Å². The fraction of sp³-hybridized carbons (Fsp3) is 0.273. The van der Waals surface area contributed by atoms with Crippen molar-refractivity contribution < 1.29 is 13.2 Å². The van der Waals surface area contributed by atoms with Gasteiger partial charge in [-0.15, -0.1) is 0 Å². The fourth-order valence-electron chi connectivity index (χ4n) is 1.34. The number of nitriles is 1. The molecular weight excluding hydrogens is 254 g/mol. The lowest BCUT2D eigenvalue weighted by Crippen LogP contribution is -2.29. The van der Waals surface area contributed by atoms with E-state index in [4.69, 9.17) is 11.0 Å². The fourth-order valence-corrected chi connectivity index (χ4v) is 2.52. The third-order valence-electron chi connectivity index (χ3n) is 2.18. The predicted octanol–water partition coefficient (Wildman–Crippen LogP) is -0.147. The molecule has 1 aromatic rings. The van der Waals surface area contributed by atoms with Gasteiger partial charge in [-0.05, 0) is 11.6 Å². The number of sulfonamides is 1. The molecule has 18 heavy (non-hydrogen) atoms. The zero-order valence-corrected chi connectivity index (χ0v) is 10.4. The standard InChI is InChI=1S/C11H13N3O3S/c12-7-9-3-1-2-4-10(9)8-18(16,17)14-6-5-11(13)15/h1-4,14H,5-6,8H2,(H2,13,15). The second kappa shape index (κ2) is 6.14. The predicted molar refractivity (Wildman–Crippen MR) is 65.6 cm³/mol. The lowest BCUT2D eigenvalue weighted by Gasteiger charge is -2.06. The van der Waals surface area contributed by atoms with Gasteiger partial charge in [-0.25, -0.2) is 13.1 Å². The lowest BCUT2D eigenvalue weighted by molar-refractivity contribution is -0.117. The summed E-state index contributed by atoms with van der Waals surface area (Å²) in [6, 6.07) is 8.37. The quantitative estimate of drug-likeness (QED) is 0.746. The Bertz CT molecular complexity index is 575. The molecule has 0 bridgehead atoms. The van der Waals surface area contributed by atoms with Crippen molar-refractivity contribution in [1.29, 1.82) is 5.26 Å². The number of hydrogen-bond donors (Lipinski definition) is 2. The van der Waals surface area contributed by atoms with Gasteiger partial charge in [0.15, 0.2) is 0 Å². The molecule has 96 valence electrons. The van der Waals surface area contributed by atoms with E-state index in [9.17, 15) is 13.2 Å². The van der Waals surface area contributed by atoms with E-state index in [1.54, 1.807) is 24.3 Å². The summed E-state index contributed by atoms with van der Waals surface area (Å²) in [4.78, 5) is 10.5. The Morgan fingerprint density at radius 2 is 2.06 bits per heavy atom. The van der Waals surface area contributed by atoms with Crippen LogP contribution in [0.3, 0.4) is 0 Å². The Kier molecular flexibility index (Phi) is 4.83. The van der Waals surface area contributed by atoms with E-state index in [1.807, 2.05) is 6.07 Å². The van der Waals surface area contributed by atoms with Gasteiger partial charge < -0.3 is 5.73 Å². The van der Waals surface area contributed by atoms with Crippen molar-refractivity contribution in [2.45, 2.75) is 12.2 Å². The number of benzene rings is 1. The van der Waals surface area contributed by atoms with Gasteiger partial charge in [0.25, 0.3) is 0 Å². The Hall–Kier alpha value is -1.91. The Morgan fingerprint density at radius 3 is 2.67 bits per heavy atom. The van der Waals surface area contributed by atoms with Gasteiger partial charge in [-0.2, -0.15) is 5.26 Å². The minimum Gasteiger partial charge on any atom is -0.370 e. The van der Waals surface area contributed by atoms with Crippen LogP contribution < -0.4 is 10.5 Å². The maximum absolute atomic E-state index is 11.7. The topological polar surface area (TPSA) is 113 Å². The molecule has 0 aliphatic rings. The molecule has 1 aromatic carbocycles. The summed E-state index contributed by atoms with van der Waals surface area (Å²) in [5.74, 6) is -0.870. The molecule has 0 atom stereocenters. The first kappa shape index (κ1) is 14.2. The minimum atomic E-state index is -3.57. The van der Waals surface area contributed by atoms with Gasteiger partial charge in [0, 0.05) is 13.0 Å². The van der Waals surface area contributed by atoms with Crippen LogP contribution in [-0.2, 0) is 20.6 Å². The highest BCUT2D eigenvalue weighted by molar-refractivity contribution is 7.88. The molecule has 1 amide bonds. The molecule has 0 spiro atoms. The SMILES string of the molecule is N#Cc1ccccc1CS(=O)(=O)NCCC(N)=O. The van der Waals surface area contributed by atoms with Crippen LogP contribution in [-0.4, -0.2) is 20.9 Å². The van der Waals surface area contributed by atoms with E-state index < -0.39 is 15.9 Å². The van der Waals surface area contributed by atoms with Crippen LogP contribution in [0.2, 0.25) is 0 Å². The Morgan fingerprint density at radius 1 is 1.39 bits per heavy atom. The molecule has 0 aliphatic heterocycles. The number of nitrogens with one attached hydrogen (secondary N) is 1. The van der Waals surface area contributed by atoms with Crippen molar-refractivity contribution in [3.05, 3.63) is 35.4 Å². The first-order valence-electron chi connectivity index (χ1n) is 5.18. The van der Waals surface area contributed by atoms with Gasteiger partial charge in [0.1, 0.15) is 0 Å². The van der Waals surface area contributed by atoms with Crippen LogP contribution in [0.15, 0.2) is 24.3 Å². The monoisotopic (exact) mass is 267 g/mol. The van der Waals surface area contributed by atoms with Crippen LogP contribution in [0.5, 0.6) is 0 Å². The maximum atomic E-state index is 11.7. The largest absolute Gasteiger partial charge is 0.370 e. The van der Waals surface area contributed by atoms with Crippen LogP contribution in [0.4, 0.5) is 0 Å². The van der Waals surface area contributed by atoms with E-state index in [2.05, 4.69) is 4.72 Å². The molecule has 0 fully saturated rings. The number of nitrogens with zero attached hydrogens (tertiary/aromatic N) is 1. The Balaban J connectivity index is 2.71. The minimum absolute atomic E-state index is 0.0353. The molecule has 3 N–H and O–H groups in total. The van der Waals surface area contributed by atoms with Crippen molar-refractivity contribution in [2.24, 2.45) is 5.73 Å². The number of amides is 1. The van der Waals surface area contributed by atoms with Crippen molar-refractivity contribution in [1.82, 2.24) is 4.72 Å². The number of carbonyl (C=O) groups is 1. The second-order valence-corrected chi connectivity index (χ2v) is 5.45. The molecule has 0 heterocycles. The number of rotatable bonds is 6. The molecule has 7 heteroatoms. The van der Waals surface area contributed by atoms with Crippen molar-refractivity contribution in [2.75, 3.05) is 6.54 Å². The summed E-state index contributed by atoms with van der Waals surface area (Å²) in [7, 11) is -3.57. The third-order valence-corrected chi connectivity index (χ3v) is 3.51. The summed E-state index contributed by atoms with van der Waals surface area (Å²) < 4.78 is 25.6. The molecule has 0 aromatic heterocycles. The molecule has 0 radical (unpaired) electrons. The third kappa shape index (κ3) is 4.53. The molecule has 1 rings (SSSR count). The number of primary amides is 1. The van der Waals surface area contributed by atoms with Crippen LogP contribution in [0.1, 0.15) is 17.5 Å². The maximum Gasteiger partial charge on any atom is 0.218 e. The van der Waals surface area contributed by atoms with Crippen molar-refractivity contribution in [3.8, 4) is 6.07 Å². The van der Waals surface area contributed by atoms with E-state index in [0.717, 1.165) is 0 Å². The van der Waals surface area contributed by atoms with Crippen LogP contribution >= 0.6 is 0 Å². The normalized spacial score (nSPS) is 10.8. The summed E-state index contributed by atoms with van der Waals surface area (Å²) in [5.41, 5.74) is 5.64. The number of nitrogens with two attached hydrogens (primary N) is 1. The van der Waals surface area contributed by atoms with Gasteiger partial charge in [0.2, 0.25) is 15.9 Å². The van der Waals surface area contributed by atoms with Gasteiger partial charge in [0.05, 0.1) is 17.4 Å². The summed E-state index contributed by atoms with van der Waals surface area (Å²) in [5, 5.41) is 8.84.